The summed E-state index contributed by atoms with van der Waals surface area (Å²) in [5.74, 6) is -0.0752. The summed E-state index contributed by atoms with van der Waals surface area (Å²) in [5, 5.41) is 22.8. The standard InChI is InChI=1S/C35H67NO3/c1-3-5-7-9-11-13-15-17-19-21-23-25-27-29-31-35(39)36-33(32-37)34(38)30-28-26-24-22-20-18-16-14-12-10-8-6-4-2/h15,17,28,30,33-34,37-38H,3-14,16,18-27,29,31-32H2,1-2H3,(H,36,39)/b17-15+,30-28+/t33-,34+/m0/s1. The molecule has 0 aromatic carbocycles. The molecule has 0 rings (SSSR count). The quantitative estimate of drug-likeness (QED) is 0.0617. The Morgan fingerprint density at radius 1 is 0.590 bits per heavy atom. The summed E-state index contributed by atoms with van der Waals surface area (Å²) in [5.41, 5.74) is 0. The molecule has 4 nitrogen and oxygen atoms in total. The molecule has 0 heterocycles. The van der Waals surface area contributed by atoms with Crippen LogP contribution in [0.5, 0.6) is 0 Å². The van der Waals surface area contributed by atoms with Crippen molar-refractivity contribution in [2.75, 3.05) is 6.61 Å². The Hall–Kier alpha value is -1.13. The third-order valence-corrected chi connectivity index (χ3v) is 7.68. The van der Waals surface area contributed by atoms with E-state index in [2.05, 4.69) is 31.3 Å². The van der Waals surface area contributed by atoms with Crippen molar-refractivity contribution in [1.82, 2.24) is 5.32 Å². The van der Waals surface area contributed by atoms with E-state index >= 15 is 0 Å². The lowest BCUT2D eigenvalue weighted by molar-refractivity contribution is -0.123. The van der Waals surface area contributed by atoms with Crippen LogP contribution in [0.4, 0.5) is 0 Å². The van der Waals surface area contributed by atoms with Gasteiger partial charge in [-0.1, -0.05) is 147 Å². The molecule has 0 saturated heterocycles. The highest BCUT2D eigenvalue weighted by Crippen LogP contribution is 2.13. The SMILES string of the molecule is CCCCCCC/C=C/CCCCCCCC(=O)N[C@@H](CO)[C@H](O)/C=C/CCCCCCCCCCCCC. The summed E-state index contributed by atoms with van der Waals surface area (Å²) in [6, 6.07) is -0.621. The smallest absolute Gasteiger partial charge is 0.220 e. The number of carbonyl (C=O) groups excluding carboxylic acids is 1. The first-order chi connectivity index (χ1) is 19.2. The minimum atomic E-state index is -0.837. The van der Waals surface area contributed by atoms with E-state index in [-0.39, 0.29) is 12.5 Å². The van der Waals surface area contributed by atoms with E-state index in [9.17, 15) is 15.0 Å². The predicted molar refractivity (Wildman–Crippen MR) is 170 cm³/mol. The van der Waals surface area contributed by atoms with Gasteiger partial charge in [-0.2, -0.15) is 0 Å². The number of aliphatic hydroxyl groups is 2. The average Bonchev–Trinajstić information content (AvgIpc) is 2.94. The number of hydrogen-bond donors (Lipinski definition) is 3. The molecule has 0 unspecified atom stereocenters. The Bertz CT molecular complexity index is 560. The summed E-state index contributed by atoms with van der Waals surface area (Å²) in [4.78, 5) is 12.3. The van der Waals surface area contributed by atoms with Gasteiger partial charge < -0.3 is 15.5 Å². The lowest BCUT2D eigenvalue weighted by Crippen LogP contribution is -2.45. The van der Waals surface area contributed by atoms with Crippen molar-refractivity contribution in [3.8, 4) is 0 Å². The molecule has 0 radical (unpaired) electrons. The zero-order valence-corrected chi connectivity index (χ0v) is 26.2. The zero-order chi connectivity index (χ0) is 28.7. The van der Waals surface area contributed by atoms with Crippen LogP contribution in [-0.2, 0) is 4.79 Å². The molecular weight excluding hydrogens is 482 g/mol. The number of rotatable bonds is 30. The van der Waals surface area contributed by atoms with Crippen molar-refractivity contribution in [2.24, 2.45) is 0 Å². The highest BCUT2D eigenvalue weighted by molar-refractivity contribution is 5.76. The van der Waals surface area contributed by atoms with Crippen molar-refractivity contribution in [3.63, 3.8) is 0 Å². The largest absolute Gasteiger partial charge is 0.394 e. The Kier molecular flexibility index (Phi) is 30.5. The van der Waals surface area contributed by atoms with Crippen molar-refractivity contribution >= 4 is 5.91 Å². The van der Waals surface area contributed by atoms with Gasteiger partial charge in [-0.05, 0) is 44.9 Å². The summed E-state index contributed by atoms with van der Waals surface area (Å²) >= 11 is 0. The topological polar surface area (TPSA) is 69.6 Å². The van der Waals surface area contributed by atoms with Crippen molar-refractivity contribution in [1.29, 1.82) is 0 Å². The van der Waals surface area contributed by atoms with Gasteiger partial charge in [0.1, 0.15) is 0 Å². The van der Waals surface area contributed by atoms with E-state index in [4.69, 9.17) is 0 Å². The van der Waals surface area contributed by atoms with Crippen LogP contribution >= 0.6 is 0 Å². The Morgan fingerprint density at radius 2 is 0.974 bits per heavy atom. The molecule has 0 spiro atoms. The maximum Gasteiger partial charge on any atom is 0.220 e. The van der Waals surface area contributed by atoms with Crippen LogP contribution < -0.4 is 5.32 Å². The summed E-state index contributed by atoms with van der Waals surface area (Å²) in [7, 11) is 0. The van der Waals surface area contributed by atoms with Gasteiger partial charge in [-0.25, -0.2) is 0 Å². The van der Waals surface area contributed by atoms with E-state index in [0.717, 1.165) is 38.5 Å². The number of nitrogens with one attached hydrogen (secondary N) is 1. The number of unbranched alkanes of at least 4 members (excludes halogenated alkanes) is 21. The van der Waals surface area contributed by atoms with Crippen LogP contribution in [0.15, 0.2) is 24.3 Å². The van der Waals surface area contributed by atoms with E-state index in [1.165, 1.54) is 116 Å². The summed E-state index contributed by atoms with van der Waals surface area (Å²) in [6.07, 6.45) is 38.2. The molecule has 39 heavy (non-hydrogen) atoms. The number of hydrogen-bond acceptors (Lipinski definition) is 3. The second-order valence-corrected chi connectivity index (χ2v) is 11.6. The summed E-state index contributed by atoms with van der Waals surface area (Å²) < 4.78 is 0. The van der Waals surface area contributed by atoms with Crippen LogP contribution in [0, 0.1) is 0 Å². The lowest BCUT2D eigenvalue weighted by atomic mass is 10.0. The van der Waals surface area contributed by atoms with Gasteiger partial charge in [-0.3, -0.25) is 4.79 Å². The fraction of sp³-hybridized carbons (Fsp3) is 0.857. The van der Waals surface area contributed by atoms with Gasteiger partial charge in [0.2, 0.25) is 5.91 Å². The molecule has 0 aliphatic heterocycles. The minimum Gasteiger partial charge on any atom is -0.394 e. The maximum atomic E-state index is 12.3. The van der Waals surface area contributed by atoms with Crippen LogP contribution in [0.3, 0.4) is 0 Å². The lowest BCUT2D eigenvalue weighted by Gasteiger charge is -2.20. The monoisotopic (exact) mass is 550 g/mol. The molecule has 0 aliphatic rings. The molecule has 0 aromatic rings. The average molecular weight is 550 g/mol. The Balaban J connectivity index is 3.67. The molecule has 0 fully saturated rings. The van der Waals surface area contributed by atoms with Crippen molar-refractivity contribution < 1.29 is 15.0 Å². The third kappa shape index (κ3) is 28.2. The number of amides is 1. The predicted octanol–water partition coefficient (Wildman–Crippen LogP) is 9.73. The van der Waals surface area contributed by atoms with E-state index in [1.54, 1.807) is 6.08 Å². The fourth-order valence-electron chi connectivity index (χ4n) is 4.99. The van der Waals surface area contributed by atoms with Gasteiger partial charge in [0.25, 0.3) is 0 Å². The zero-order valence-electron chi connectivity index (χ0n) is 26.2. The van der Waals surface area contributed by atoms with Crippen LogP contribution in [0.2, 0.25) is 0 Å². The Morgan fingerprint density at radius 3 is 1.41 bits per heavy atom. The van der Waals surface area contributed by atoms with Gasteiger partial charge >= 0.3 is 0 Å². The number of aliphatic hydroxyl groups excluding tert-OH is 2. The Labute approximate surface area is 243 Å². The minimum absolute atomic E-state index is 0.0752. The first-order valence-electron chi connectivity index (χ1n) is 17.1. The molecule has 0 aliphatic carbocycles. The van der Waals surface area contributed by atoms with Crippen molar-refractivity contribution in [2.45, 2.75) is 187 Å². The molecule has 0 aromatic heterocycles. The highest BCUT2D eigenvalue weighted by Gasteiger charge is 2.17. The molecular formula is C35H67NO3. The van der Waals surface area contributed by atoms with E-state index in [1.807, 2.05) is 6.08 Å². The van der Waals surface area contributed by atoms with E-state index < -0.39 is 12.1 Å². The van der Waals surface area contributed by atoms with Crippen LogP contribution in [0.1, 0.15) is 174 Å². The van der Waals surface area contributed by atoms with Crippen LogP contribution in [-0.4, -0.2) is 34.9 Å². The first kappa shape index (κ1) is 37.9. The molecule has 4 heteroatoms. The number of carbonyl (C=O) groups is 1. The van der Waals surface area contributed by atoms with Gasteiger partial charge in [0, 0.05) is 6.42 Å². The molecule has 2 atom stereocenters. The molecule has 0 bridgehead atoms. The van der Waals surface area contributed by atoms with Gasteiger partial charge in [-0.15, -0.1) is 0 Å². The highest BCUT2D eigenvalue weighted by atomic mass is 16.3. The second-order valence-electron chi connectivity index (χ2n) is 11.6. The van der Waals surface area contributed by atoms with Gasteiger partial charge in [0.05, 0.1) is 18.8 Å². The first-order valence-corrected chi connectivity index (χ1v) is 17.1. The fourth-order valence-corrected chi connectivity index (χ4v) is 4.99. The van der Waals surface area contributed by atoms with Crippen LogP contribution in [0.25, 0.3) is 0 Å². The van der Waals surface area contributed by atoms with E-state index in [0.29, 0.717) is 6.42 Å². The molecule has 3 N–H and O–H groups in total. The summed E-state index contributed by atoms with van der Waals surface area (Å²) in [6.45, 7) is 4.27. The van der Waals surface area contributed by atoms with Crippen molar-refractivity contribution in [3.05, 3.63) is 24.3 Å². The maximum absolute atomic E-state index is 12.3. The molecule has 0 saturated carbocycles. The molecule has 1 amide bonds. The van der Waals surface area contributed by atoms with Gasteiger partial charge in [0.15, 0.2) is 0 Å². The normalized spacial score (nSPS) is 13.4. The second kappa shape index (κ2) is 31.4. The molecule has 230 valence electrons. The third-order valence-electron chi connectivity index (χ3n) is 7.68. The number of allylic oxidation sites excluding steroid dienone is 3.